The van der Waals surface area contributed by atoms with E-state index in [4.69, 9.17) is 5.11 Å². The fourth-order valence-electron chi connectivity index (χ4n) is 1.78. The Morgan fingerprint density at radius 2 is 2.36 bits per heavy atom. The lowest BCUT2D eigenvalue weighted by Crippen LogP contribution is -2.11. The summed E-state index contributed by atoms with van der Waals surface area (Å²) in [4.78, 5) is 10.7. The van der Waals surface area contributed by atoms with Crippen LogP contribution in [0.3, 0.4) is 0 Å². The van der Waals surface area contributed by atoms with Crippen molar-refractivity contribution in [3.05, 3.63) is 17.5 Å². The Kier molecular flexibility index (Phi) is 2.06. The van der Waals surface area contributed by atoms with Crippen molar-refractivity contribution >= 4 is 5.97 Å². The highest BCUT2D eigenvalue weighted by molar-refractivity contribution is 5.85. The molecule has 4 heteroatoms. The monoisotopic (exact) mass is 194 g/mol. The summed E-state index contributed by atoms with van der Waals surface area (Å²) in [5.41, 5.74) is 1.08. The summed E-state index contributed by atoms with van der Waals surface area (Å²) in [6, 6.07) is 1.96. The van der Waals surface area contributed by atoms with Crippen LogP contribution in [0.2, 0.25) is 0 Å². The van der Waals surface area contributed by atoms with Crippen molar-refractivity contribution in [3.63, 3.8) is 0 Å². The molecule has 1 saturated carbocycles. The Morgan fingerprint density at radius 1 is 1.71 bits per heavy atom. The molecule has 1 aromatic rings. The van der Waals surface area contributed by atoms with E-state index in [-0.39, 0.29) is 5.69 Å². The number of carbonyl (C=O) groups is 1. The maximum atomic E-state index is 10.7. The van der Waals surface area contributed by atoms with Crippen LogP contribution >= 0.6 is 0 Å². The SMILES string of the molecule is Cc1cc(C(=O)O)nn1C(C)C1CC1. The van der Waals surface area contributed by atoms with Crippen LogP contribution in [-0.4, -0.2) is 20.9 Å². The van der Waals surface area contributed by atoms with E-state index in [1.165, 1.54) is 12.8 Å². The highest BCUT2D eigenvalue weighted by atomic mass is 16.4. The van der Waals surface area contributed by atoms with Gasteiger partial charge in [0.25, 0.3) is 0 Å². The molecule has 0 spiro atoms. The number of aryl methyl sites for hydroxylation is 1. The third-order valence-electron chi connectivity index (χ3n) is 2.83. The third-order valence-corrected chi connectivity index (χ3v) is 2.83. The fraction of sp³-hybridized carbons (Fsp3) is 0.600. The van der Waals surface area contributed by atoms with Crippen molar-refractivity contribution in [2.45, 2.75) is 32.7 Å². The van der Waals surface area contributed by atoms with Gasteiger partial charge in [0.15, 0.2) is 5.69 Å². The van der Waals surface area contributed by atoms with Crippen LogP contribution in [0.4, 0.5) is 0 Å². The molecular weight excluding hydrogens is 180 g/mol. The smallest absolute Gasteiger partial charge is 0.356 e. The number of aromatic carboxylic acids is 1. The number of aromatic nitrogens is 2. The molecule has 0 bridgehead atoms. The maximum Gasteiger partial charge on any atom is 0.356 e. The van der Waals surface area contributed by atoms with E-state index in [9.17, 15) is 4.79 Å². The lowest BCUT2D eigenvalue weighted by atomic mass is 10.2. The normalized spacial score (nSPS) is 18.1. The molecule has 0 saturated heterocycles. The lowest BCUT2D eigenvalue weighted by Gasteiger charge is -2.12. The van der Waals surface area contributed by atoms with Crippen LogP contribution in [0.1, 0.15) is 42.0 Å². The molecule has 0 radical (unpaired) electrons. The van der Waals surface area contributed by atoms with Gasteiger partial charge in [-0.2, -0.15) is 5.10 Å². The average Bonchev–Trinajstić information content (AvgIpc) is 2.88. The Balaban J connectivity index is 2.28. The van der Waals surface area contributed by atoms with Crippen LogP contribution in [0, 0.1) is 12.8 Å². The van der Waals surface area contributed by atoms with Crippen molar-refractivity contribution in [1.82, 2.24) is 9.78 Å². The second-order valence-electron chi connectivity index (χ2n) is 4.00. The zero-order valence-electron chi connectivity index (χ0n) is 8.40. The Hall–Kier alpha value is -1.32. The van der Waals surface area contributed by atoms with Gasteiger partial charge in [0, 0.05) is 5.69 Å². The number of carboxylic acid groups (broad SMARTS) is 1. The maximum absolute atomic E-state index is 10.7. The summed E-state index contributed by atoms with van der Waals surface area (Å²) in [7, 11) is 0. The fourth-order valence-corrected chi connectivity index (χ4v) is 1.78. The summed E-state index contributed by atoms with van der Waals surface area (Å²) >= 11 is 0. The first-order valence-corrected chi connectivity index (χ1v) is 4.89. The molecule has 1 aliphatic carbocycles. The minimum atomic E-state index is -0.949. The van der Waals surface area contributed by atoms with Gasteiger partial charge in [-0.25, -0.2) is 4.79 Å². The van der Waals surface area contributed by atoms with Gasteiger partial charge in [0.05, 0.1) is 6.04 Å². The summed E-state index contributed by atoms with van der Waals surface area (Å²) in [5.74, 6) is -0.259. The van der Waals surface area contributed by atoms with Gasteiger partial charge in [0.1, 0.15) is 0 Å². The van der Waals surface area contributed by atoms with Gasteiger partial charge in [-0.15, -0.1) is 0 Å². The second kappa shape index (κ2) is 3.12. The average molecular weight is 194 g/mol. The molecule has 0 amide bonds. The van der Waals surface area contributed by atoms with Gasteiger partial charge >= 0.3 is 5.97 Å². The van der Waals surface area contributed by atoms with Gasteiger partial charge in [-0.1, -0.05) is 0 Å². The van der Waals surface area contributed by atoms with Gasteiger partial charge in [0.2, 0.25) is 0 Å². The van der Waals surface area contributed by atoms with Gasteiger partial charge in [-0.3, -0.25) is 4.68 Å². The highest BCUT2D eigenvalue weighted by Crippen LogP contribution is 2.39. The molecule has 0 aliphatic heterocycles. The summed E-state index contributed by atoms with van der Waals surface area (Å²) in [6.07, 6.45) is 2.48. The Morgan fingerprint density at radius 3 is 2.79 bits per heavy atom. The van der Waals surface area contributed by atoms with E-state index in [1.54, 1.807) is 6.07 Å². The number of hydrogen-bond acceptors (Lipinski definition) is 2. The van der Waals surface area contributed by atoms with Gasteiger partial charge in [-0.05, 0) is 38.7 Å². The molecule has 76 valence electrons. The van der Waals surface area contributed by atoms with Crippen LogP contribution in [0.25, 0.3) is 0 Å². The van der Waals surface area contributed by atoms with E-state index in [0.717, 1.165) is 5.69 Å². The minimum absolute atomic E-state index is 0.148. The van der Waals surface area contributed by atoms with E-state index in [0.29, 0.717) is 12.0 Å². The first-order chi connectivity index (χ1) is 6.59. The van der Waals surface area contributed by atoms with Crippen molar-refractivity contribution in [2.24, 2.45) is 5.92 Å². The second-order valence-corrected chi connectivity index (χ2v) is 4.00. The molecule has 1 unspecified atom stereocenters. The molecule has 1 heterocycles. The van der Waals surface area contributed by atoms with E-state index >= 15 is 0 Å². The van der Waals surface area contributed by atoms with E-state index in [2.05, 4.69) is 12.0 Å². The molecule has 4 nitrogen and oxygen atoms in total. The zero-order valence-corrected chi connectivity index (χ0v) is 8.40. The predicted octanol–water partition coefficient (Wildman–Crippen LogP) is 1.86. The van der Waals surface area contributed by atoms with Gasteiger partial charge < -0.3 is 5.11 Å². The molecule has 0 aromatic carbocycles. The molecule has 1 aromatic heterocycles. The van der Waals surface area contributed by atoms with Crippen molar-refractivity contribution in [2.75, 3.05) is 0 Å². The van der Waals surface area contributed by atoms with Crippen LogP contribution in [0.5, 0.6) is 0 Å². The van der Waals surface area contributed by atoms with Crippen LogP contribution in [-0.2, 0) is 0 Å². The lowest BCUT2D eigenvalue weighted by molar-refractivity contribution is 0.0689. The minimum Gasteiger partial charge on any atom is -0.476 e. The van der Waals surface area contributed by atoms with Crippen molar-refractivity contribution in [1.29, 1.82) is 0 Å². The van der Waals surface area contributed by atoms with Crippen molar-refractivity contribution < 1.29 is 9.90 Å². The van der Waals surface area contributed by atoms with E-state index < -0.39 is 5.97 Å². The highest BCUT2D eigenvalue weighted by Gasteiger charge is 2.30. The Labute approximate surface area is 82.5 Å². The molecule has 1 aliphatic rings. The molecule has 1 atom stereocenters. The largest absolute Gasteiger partial charge is 0.476 e. The quantitative estimate of drug-likeness (QED) is 0.799. The molecule has 1 N–H and O–H groups in total. The van der Waals surface area contributed by atoms with E-state index in [1.807, 2.05) is 11.6 Å². The number of hydrogen-bond donors (Lipinski definition) is 1. The standard InChI is InChI=1S/C10H14N2O2/c1-6-5-9(10(13)14)11-12(6)7(2)8-3-4-8/h5,7-8H,3-4H2,1-2H3,(H,13,14). The third kappa shape index (κ3) is 1.52. The number of rotatable bonds is 3. The topological polar surface area (TPSA) is 55.1 Å². The Bertz CT molecular complexity index is 366. The predicted molar refractivity (Wildman–Crippen MR) is 51.4 cm³/mol. The molecule has 1 fully saturated rings. The first kappa shape index (κ1) is 9.24. The number of nitrogens with zero attached hydrogens (tertiary/aromatic N) is 2. The molecule has 14 heavy (non-hydrogen) atoms. The summed E-state index contributed by atoms with van der Waals surface area (Å²) < 4.78 is 1.83. The molecule has 2 rings (SSSR count). The number of carboxylic acids is 1. The summed E-state index contributed by atoms with van der Waals surface area (Å²) in [6.45, 7) is 4.00. The summed E-state index contributed by atoms with van der Waals surface area (Å²) in [5, 5.41) is 12.9. The van der Waals surface area contributed by atoms with Crippen LogP contribution in [0.15, 0.2) is 6.07 Å². The van der Waals surface area contributed by atoms with Crippen molar-refractivity contribution in [3.8, 4) is 0 Å². The zero-order chi connectivity index (χ0) is 10.3. The van der Waals surface area contributed by atoms with Crippen LogP contribution < -0.4 is 0 Å². The molecular formula is C10H14N2O2. The first-order valence-electron chi connectivity index (χ1n) is 4.89.